The highest BCUT2D eigenvalue weighted by Gasteiger charge is 2.32. The minimum Gasteiger partial charge on any atom is -0.406 e. The largest absolute Gasteiger partial charge is 0.573 e. The van der Waals surface area contributed by atoms with Crippen LogP contribution in [-0.2, 0) is 16.4 Å². The second-order valence-corrected chi connectivity index (χ2v) is 11.5. The van der Waals surface area contributed by atoms with Gasteiger partial charge in [-0.25, -0.2) is 8.42 Å². The number of fused-ring (bicyclic) bond motifs is 1. The smallest absolute Gasteiger partial charge is 0.406 e. The number of nitrogens with zero attached hydrogens (tertiary/aromatic N) is 1. The Morgan fingerprint density at radius 3 is 2.00 bits per heavy atom. The van der Waals surface area contributed by atoms with E-state index in [0.717, 1.165) is 6.54 Å². The monoisotopic (exact) mass is 525 g/mol. The molecule has 0 aliphatic carbocycles. The Balaban J connectivity index is 1.20. The van der Waals surface area contributed by atoms with Crippen LogP contribution in [0.1, 0.15) is 18.4 Å². The molecule has 1 fully saturated rings. The molecule has 1 aliphatic heterocycles. The lowest BCUT2D eigenvalue weighted by molar-refractivity contribution is -0.274. The molecule has 0 amide bonds. The predicted molar refractivity (Wildman–Crippen MR) is 138 cm³/mol. The molecule has 0 unspecified atom stereocenters. The zero-order valence-corrected chi connectivity index (χ0v) is 20.8. The van der Waals surface area contributed by atoms with Crippen LogP contribution >= 0.6 is 0 Å². The normalized spacial score (nSPS) is 15.6. The zero-order valence-electron chi connectivity index (χ0n) is 20.0. The first-order valence-corrected chi connectivity index (χ1v) is 13.6. The Hall–Kier alpha value is -3.36. The van der Waals surface area contributed by atoms with E-state index in [1.54, 1.807) is 24.3 Å². The van der Waals surface area contributed by atoms with E-state index >= 15 is 0 Å². The molecule has 1 saturated heterocycles. The van der Waals surface area contributed by atoms with Gasteiger partial charge in [-0.05, 0) is 83.7 Å². The van der Waals surface area contributed by atoms with Gasteiger partial charge in [0.25, 0.3) is 0 Å². The van der Waals surface area contributed by atoms with Gasteiger partial charge in [-0.2, -0.15) is 0 Å². The average Bonchev–Trinajstić information content (AvgIpc) is 2.89. The highest BCUT2D eigenvalue weighted by molar-refractivity contribution is 7.92. The third kappa shape index (κ3) is 5.97. The number of alkyl halides is 3. The molecular formula is C29H26F3NO3S. The molecule has 0 radical (unpaired) electrons. The number of benzene rings is 4. The number of sulfone groups is 1. The summed E-state index contributed by atoms with van der Waals surface area (Å²) in [5.74, 6) is -0.303. The number of likely N-dealkylation sites (tertiary alicyclic amines) is 1. The van der Waals surface area contributed by atoms with Crippen molar-refractivity contribution in [2.75, 3.05) is 13.1 Å². The fourth-order valence-corrected chi connectivity index (χ4v) is 6.58. The minimum absolute atomic E-state index is 0.265. The number of hydrogen-bond donors (Lipinski definition) is 0. The molecule has 1 heterocycles. The zero-order chi connectivity index (χ0) is 26.0. The lowest BCUT2D eigenvalue weighted by atomic mass is 10.1. The molecule has 8 heteroatoms. The third-order valence-corrected chi connectivity index (χ3v) is 9.08. The highest BCUT2D eigenvalue weighted by atomic mass is 32.2. The van der Waals surface area contributed by atoms with Crippen LogP contribution < -0.4 is 4.74 Å². The summed E-state index contributed by atoms with van der Waals surface area (Å²) < 4.78 is 67.6. The van der Waals surface area contributed by atoms with E-state index in [1.165, 1.54) is 40.6 Å². The van der Waals surface area contributed by atoms with E-state index in [4.69, 9.17) is 0 Å². The fraction of sp³-hybridized carbons (Fsp3) is 0.241. The fourth-order valence-electron chi connectivity index (χ4n) is 4.85. The van der Waals surface area contributed by atoms with Crippen molar-refractivity contribution < 1.29 is 26.3 Å². The Kier molecular flexibility index (Phi) is 6.96. The van der Waals surface area contributed by atoms with Crippen molar-refractivity contribution in [2.24, 2.45) is 0 Å². The topological polar surface area (TPSA) is 46.6 Å². The number of rotatable bonds is 6. The standard InChI is InChI=1S/C29H26F3NO3S/c30-29(31,32)36-26-11-7-23(8-12-26)24-9-13-27(14-10-24)37(34,35)28-15-17-33(18-16-28)20-21-5-6-22-3-1-2-4-25(22)19-21/h1-14,19,28H,15-18,20H2. The summed E-state index contributed by atoms with van der Waals surface area (Å²) in [6.07, 6.45) is -3.61. The molecule has 4 aromatic rings. The Morgan fingerprint density at radius 1 is 0.784 bits per heavy atom. The van der Waals surface area contributed by atoms with Crippen molar-refractivity contribution >= 4 is 20.6 Å². The van der Waals surface area contributed by atoms with E-state index in [9.17, 15) is 21.6 Å². The Labute approximate surface area is 214 Å². The summed E-state index contributed by atoms with van der Waals surface area (Å²) in [5, 5.41) is 1.96. The maximum absolute atomic E-state index is 13.3. The predicted octanol–water partition coefficient (Wildman–Crippen LogP) is 6.84. The van der Waals surface area contributed by atoms with E-state index in [0.29, 0.717) is 37.1 Å². The number of hydrogen-bond acceptors (Lipinski definition) is 4. The van der Waals surface area contributed by atoms with Crippen molar-refractivity contribution in [3.63, 3.8) is 0 Å². The summed E-state index contributed by atoms with van der Waals surface area (Å²) in [7, 11) is -3.48. The van der Waals surface area contributed by atoms with Crippen LogP contribution in [0.15, 0.2) is 95.9 Å². The van der Waals surface area contributed by atoms with Crippen molar-refractivity contribution in [3.8, 4) is 16.9 Å². The number of halogens is 3. The quantitative estimate of drug-likeness (QED) is 0.276. The lowest BCUT2D eigenvalue weighted by Crippen LogP contribution is -2.38. The summed E-state index contributed by atoms with van der Waals surface area (Å²) in [6.45, 7) is 2.21. The van der Waals surface area contributed by atoms with Crippen LogP contribution in [-0.4, -0.2) is 38.0 Å². The maximum Gasteiger partial charge on any atom is 0.573 e. The Morgan fingerprint density at radius 2 is 1.38 bits per heavy atom. The summed E-state index contributed by atoms with van der Waals surface area (Å²) in [4.78, 5) is 2.56. The summed E-state index contributed by atoms with van der Waals surface area (Å²) in [6, 6.07) is 26.7. The molecule has 0 bridgehead atoms. The Bertz CT molecular complexity index is 1480. The molecule has 0 aromatic heterocycles. The molecular weight excluding hydrogens is 499 g/mol. The first kappa shape index (κ1) is 25.3. The lowest BCUT2D eigenvalue weighted by Gasteiger charge is -2.31. The van der Waals surface area contributed by atoms with Gasteiger partial charge in [0.2, 0.25) is 0 Å². The molecule has 0 N–H and O–H groups in total. The molecule has 1 aliphatic rings. The second kappa shape index (κ2) is 10.2. The van der Waals surface area contributed by atoms with Gasteiger partial charge in [0.1, 0.15) is 5.75 Å². The van der Waals surface area contributed by atoms with Crippen LogP contribution in [0.4, 0.5) is 13.2 Å². The van der Waals surface area contributed by atoms with Crippen LogP contribution in [0.2, 0.25) is 0 Å². The maximum atomic E-state index is 13.3. The third-order valence-electron chi connectivity index (χ3n) is 6.80. The van der Waals surface area contributed by atoms with Gasteiger partial charge in [-0.15, -0.1) is 13.2 Å². The molecule has 192 valence electrons. The van der Waals surface area contributed by atoms with E-state index < -0.39 is 21.4 Å². The van der Waals surface area contributed by atoms with Gasteiger partial charge >= 0.3 is 6.36 Å². The van der Waals surface area contributed by atoms with Gasteiger partial charge in [0.05, 0.1) is 10.1 Å². The molecule has 5 rings (SSSR count). The highest BCUT2D eigenvalue weighted by Crippen LogP contribution is 2.30. The molecule has 4 nitrogen and oxygen atoms in total. The molecule has 0 saturated carbocycles. The molecule has 0 spiro atoms. The van der Waals surface area contributed by atoms with E-state index in [1.807, 2.05) is 12.1 Å². The number of piperidine rings is 1. The van der Waals surface area contributed by atoms with Crippen LogP contribution in [0, 0.1) is 0 Å². The molecule has 4 aromatic carbocycles. The summed E-state index contributed by atoms with van der Waals surface area (Å²) >= 11 is 0. The van der Waals surface area contributed by atoms with E-state index in [-0.39, 0.29) is 10.6 Å². The first-order chi connectivity index (χ1) is 17.7. The second-order valence-electron chi connectivity index (χ2n) is 9.30. The minimum atomic E-state index is -4.75. The summed E-state index contributed by atoms with van der Waals surface area (Å²) in [5.41, 5.74) is 2.59. The van der Waals surface area contributed by atoms with Gasteiger partial charge in [-0.1, -0.05) is 60.7 Å². The van der Waals surface area contributed by atoms with Crippen LogP contribution in [0.5, 0.6) is 5.75 Å². The average molecular weight is 526 g/mol. The van der Waals surface area contributed by atoms with Crippen molar-refractivity contribution in [2.45, 2.75) is 35.9 Å². The van der Waals surface area contributed by atoms with Crippen LogP contribution in [0.25, 0.3) is 21.9 Å². The molecule has 0 atom stereocenters. The van der Waals surface area contributed by atoms with E-state index in [2.05, 4.69) is 40.0 Å². The number of ether oxygens (including phenoxy) is 1. The SMILES string of the molecule is O=S(=O)(c1ccc(-c2ccc(OC(F)(F)F)cc2)cc1)C1CCN(Cc2ccc3ccccc3c2)CC1. The molecule has 37 heavy (non-hydrogen) atoms. The van der Waals surface area contributed by atoms with Crippen molar-refractivity contribution in [1.29, 1.82) is 0 Å². The van der Waals surface area contributed by atoms with Crippen molar-refractivity contribution in [1.82, 2.24) is 4.90 Å². The first-order valence-electron chi connectivity index (χ1n) is 12.1. The van der Waals surface area contributed by atoms with Gasteiger partial charge < -0.3 is 4.74 Å². The van der Waals surface area contributed by atoms with Gasteiger partial charge in [0.15, 0.2) is 9.84 Å². The van der Waals surface area contributed by atoms with Crippen LogP contribution in [0.3, 0.4) is 0 Å². The van der Waals surface area contributed by atoms with Crippen molar-refractivity contribution in [3.05, 3.63) is 96.6 Å². The van der Waals surface area contributed by atoms with Gasteiger partial charge in [0, 0.05) is 6.54 Å². The van der Waals surface area contributed by atoms with Gasteiger partial charge in [-0.3, -0.25) is 4.90 Å².